The Hall–Kier alpha value is -1.65. The molecule has 102 valence electrons. The summed E-state index contributed by atoms with van der Waals surface area (Å²) in [5.74, 6) is 0.102. The van der Waals surface area contributed by atoms with Crippen molar-refractivity contribution >= 4 is 22.4 Å². The summed E-state index contributed by atoms with van der Waals surface area (Å²) in [6.45, 7) is 3.92. The number of nitrogen functional groups attached to an aromatic ring is 1. The molecule has 2 rings (SSSR count). The quantitative estimate of drug-likeness (QED) is 0.858. The first-order valence-corrected chi connectivity index (χ1v) is 7.14. The van der Waals surface area contributed by atoms with Crippen LogP contribution in [0, 0.1) is 11.3 Å². The van der Waals surface area contributed by atoms with Crippen molar-refractivity contribution in [1.29, 1.82) is 5.26 Å². The molecule has 1 aliphatic rings. The maximum absolute atomic E-state index is 12.1. The van der Waals surface area contributed by atoms with E-state index in [1.54, 1.807) is 0 Å². The van der Waals surface area contributed by atoms with Gasteiger partial charge in [-0.3, -0.25) is 9.69 Å². The summed E-state index contributed by atoms with van der Waals surface area (Å²) < 4.78 is 0. The summed E-state index contributed by atoms with van der Waals surface area (Å²) in [5.41, 5.74) is 6.30. The van der Waals surface area contributed by atoms with Crippen LogP contribution in [0.4, 0.5) is 5.13 Å². The third-order valence-electron chi connectivity index (χ3n) is 3.17. The van der Waals surface area contributed by atoms with E-state index < -0.39 is 0 Å². The number of nitrogens with zero attached hydrogens (tertiary/aromatic N) is 4. The number of piperazine rings is 1. The van der Waals surface area contributed by atoms with E-state index >= 15 is 0 Å². The molecule has 0 bridgehead atoms. The number of nitriles is 1. The lowest BCUT2D eigenvalue weighted by Gasteiger charge is -2.34. The molecule has 1 aliphatic heterocycles. The molecule has 6 nitrogen and oxygen atoms in total. The van der Waals surface area contributed by atoms with Crippen LogP contribution in [0.2, 0.25) is 0 Å². The molecule has 0 saturated carbocycles. The number of anilines is 1. The van der Waals surface area contributed by atoms with Crippen LogP contribution in [-0.4, -0.2) is 53.4 Å². The first kappa shape index (κ1) is 13.8. The molecule has 2 N–H and O–H groups in total. The van der Waals surface area contributed by atoms with Gasteiger partial charge in [0.05, 0.1) is 18.2 Å². The van der Waals surface area contributed by atoms with Gasteiger partial charge in [0.2, 0.25) is 5.91 Å². The van der Waals surface area contributed by atoms with Crippen LogP contribution in [0.5, 0.6) is 0 Å². The van der Waals surface area contributed by atoms with E-state index in [4.69, 9.17) is 11.0 Å². The average Bonchev–Trinajstić information content (AvgIpc) is 2.82. The van der Waals surface area contributed by atoms with Crippen LogP contribution in [0.3, 0.4) is 0 Å². The van der Waals surface area contributed by atoms with Gasteiger partial charge in [-0.05, 0) is 0 Å². The fourth-order valence-corrected chi connectivity index (χ4v) is 2.66. The Kier molecular flexibility index (Phi) is 4.71. The highest BCUT2D eigenvalue weighted by atomic mass is 32.1. The summed E-state index contributed by atoms with van der Waals surface area (Å²) in [6, 6.07) is 2.14. The Labute approximate surface area is 116 Å². The molecular weight excluding hydrogens is 262 g/mol. The SMILES string of the molecule is N#CCCN1CCN(C(=O)Cc2csc(N)n2)CC1. The largest absolute Gasteiger partial charge is 0.375 e. The predicted molar refractivity (Wildman–Crippen MR) is 73.5 cm³/mol. The lowest BCUT2D eigenvalue weighted by molar-refractivity contribution is -0.132. The fourth-order valence-electron chi connectivity index (χ4n) is 2.10. The zero-order valence-electron chi connectivity index (χ0n) is 10.7. The Balaban J connectivity index is 1.78. The van der Waals surface area contributed by atoms with Crippen LogP contribution < -0.4 is 5.73 Å². The first-order chi connectivity index (χ1) is 9.19. The normalized spacial score (nSPS) is 16.3. The molecule has 0 unspecified atom stereocenters. The van der Waals surface area contributed by atoms with Gasteiger partial charge in [0.15, 0.2) is 5.13 Å². The van der Waals surface area contributed by atoms with Crippen molar-refractivity contribution in [2.24, 2.45) is 0 Å². The molecule has 1 aromatic rings. The van der Waals surface area contributed by atoms with Gasteiger partial charge < -0.3 is 10.6 Å². The van der Waals surface area contributed by atoms with Crippen LogP contribution in [-0.2, 0) is 11.2 Å². The van der Waals surface area contributed by atoms with Gasteiger partial charge >= 0.3 is 0 Å². The second kappa shape index (κ2) is 6.50. The number of hydrogen-bond acceptors (Lipinski definition) is 6. The van der Waals surface area contributed by atoms with Gasteiger partial charge in [-0.25, -0.2) is 4.98 Å². The fraction of sp³-hybridized carbons (Fsp3) is 0.583. The van der Waals surface area contributed by atoms with Crippen molar-refractivity contribution in [3.05, 3.63) is 11.1 Å². The molecular formula is C12H17N5OS. The summed E-state index contributed by atoms with van der Waals surface area (Å²) in [6.07, 6.45) is 0.873. The van der Waals surface area contributed by atoms with Crippen LogP contribution >= 0.6 is 11.3 Å². The molecule has 19 heavy (non-hydrogen) atoms. The maximum Gasteiger partial charge on any atom is 0.228 e. The minimum absolute atomic E-state index is 0.102. The summed E-state index contributed by atoms with van der Waals surface area (Å²) in [7, 11) is 0. The number of hydrogen-bond donors (Lipinski definition) is 1. The highest BCUT2D eigenvalue weighted by Gasteiger charge is 2.21. The third-order valence-corrected chi connectivity index (χ3v) is 3.89. The summed E-state index contributed by atoms with van der Waals surface area (Å²) >= 11 is 1.36. The maximum atomic E-state index is 12.1. The van der Waals surface area contributed by atoms with Crippen LogP contribution in [0.1, 0.15) is 12.1 Å². The highest BCUT2D eigenvalue weighted by Crippen LogP contribution is 2.13. The van der Waals surface area contributed by atoms with Crippen LogP contribution in [0.15, 0.2) is 5.38 Å². The standard InChI is InChI=1S/C12H17N5OS/c13-2-1-3-16-4-6-17(7-5-16)11(18)8-10-9-19-12(14)15-10/h9H,1,3-8H2,(H2,14,15). The van der Waals surface area contributed by atoms with Crippen molar-refractivity contribution < 1.29 is 4.79 Å². The number of rotatable bonds is 4. The monoisotopic (exact) mass is 279 g/mol. The molecule has 0 radical (unpaired) electrons. The minimum atomic E-state index is 0.102. The molecule has 0 aliphatic carbocycles. The van der Waals surface area contributed by atoms with E-state index in [0.717, 1.165) is 38.4 Å². The first-order valence-electron chi connectivity index (χ1n) is 6.26. The zero-order chi connectivity index (χ0) is 13.7. The van der Waals surface area contributed by atoms with Crippen molar-refractivity contribution in [3.63, 3.8) is 0 Å². The van der Waals surface area contributed by atoms with E-state index in [-0.39, 0.29) is 5.91 Å². The number of amides is 1. The van der Waals surface area contributed by atoms with Gasteiger partial charge in [0.1, 0.15) is 0 Å². The van der Waals surface area contributed by atoms with Crippen molar-refractivity contribution in [2.75, 3.05) is 38.5 Å². The lowest BCUT2D eigenvalue weighted by atomic mass is 10.2. The van der Waals surface area contributed by atoms with Crippen LogP contribution in [0.25, 0.3) is 0 Å². The lowest BCUT2D eigenvalue weighted by Crippen LogP contribution is -2.49. The number of thiazole rings is 1. The molecule has 0 atom stereocenters. The Morgan fingerprint density at radius 3 is 2.79 bits per heavy atom. The van der Waals surface area contributed by atoms with E-state index in [1.807, 2.05) is 10.3 Å². The second-order valence-corrected chi connectivity index (χ2v) is 5.37. The molecule has 0 aromatic carbocycles. The van der Waals surface area contributed by atoms with E-state index in [0.29, 0.717) is 18.0 Å². The molecule has 1 aromatic heterocycles. The number of carbonyl (C=O) groups excluding carboxylic acids is 1. The molecule has 7 heteroatoms. The van der Waals surface area contributed by atoms with Gasteiger partial charge in [0, 0.05) is 44.5 Å². The zero-order valence-corrected chi connectivity index (χ0v) is 11.5. The number of nitrogens with two attached hydrogens (primary N) is 1. The number of carbonyl (C=O) groups is 1. The Morgan fingerprint density at radius 2 is 2.21 bits per heavy atom. The second-order valence-electron chi connectivity index (χ2n) is 4.48. The predicted octanol–water partition coefficient (Wildman–Crippen LogP) is 0.326. The average molecular weight is 279 g/mol. The van der Waals surface area contributed by atoms with E-state index in [9.17, 15) is 4.79 Å². The topological polar surface area (TPSA) is 86.2 Å². The van der Waals surface area contributed by atoms with E-state index in [1.165, 1.54) is 11.3 Å². The molecule has 1 fully saturated rings. The summed E-state index contributed by atoms with van der Waals surface area (Å²) in [4.78, 5) is 20.3. The van der Waals surface area contributed by atoms with Gasteiger partial charge in [-0.15, -0.1) is 11.3 Å². The molecule has 1 amide bonds. The minimum Gasteiger partial charge on any atom is -0.375 e. The van der Waals surface area contributed by atoms with Crippen molar-refractivity contribution in [1.82, 2.24) is 14.8 Å². The molecule has 0 spiro atoms. The third kappa shape index (κ3) is 3.91. The molecule has 1 saturated heterocycles. The van der Waals surface area contributed by atoms with Crippen molar-refractivity contribution in [2.45, 2.75) is 12.8 Å². The Bertz CT molecular complexity index is 473. The van der Waals surface area contributed by atoms with E-state index in [2.05, 4.69) is 16.0 Å². The van der Waals surface area contributed by atoms with Gasteiger partial charge in [-0.1, -0.05) is 0 Å². The summed E-state index contributed by atoms with van der Waals surface area (Å²) in [5, 5.41) is 10.9. The highest BCUT2D eigenvalue weighted by molar-refractivity contribution is 7.13. The van der Waals surface area contributed by atoms with Gasteiger partial charge in [-0.2, -0.15) is 5.26 Å². The molecule has 2 heterocycles. The van der Waals surface area contributed by atoms with Crippen molar-refractivity contribution in [3.8, 4) is 6.07 Å². The van der Waals surface area contributed by atoms with Gasteiger partial charge in [0.25, 0.3) is 0 Å². The smallest absolute Gasteiger partial charge is 0.228 e. The number of aromatic nitrogens is 1. The Morgan fingerprint density at radius 1 is 1.47 bits per heavy atom.